The Hall–Kier alpha value is -1.98. The van der Waals surface area contributed by atoms with Crippen LogP contribution in [0.2, 0.25) is 5.02 Å². The molecule has 1 atom stereocenters. The number of pyridine rings is 2. The molecule has 0 aromatic carbocycles. The molecule has 2 aromatic rings. The molecule has 19 heavy (non-hydrogen) atoms. The predicted molar refractivity (Wildman–Crippen MR) is 68.9 cm³/mol. The fraction of sp³-hybridized carbons (Fsp3) is 0.154. The van der Waals surface area contributed by atoms with E-state index in [-0.39, 0.29) is 16.3 Å². The second kappa shape index (κ2) is 5.77. The Bertz CT molecular complexity index is 590. The summed E-state index contributed by atoms with van der Waals surface area (Å²) in [6, 6.07) is 6.51. The van der Waals surface area contributed by atoms with Crippen molar-refractivity contribution in [2.75, 3.05) is 7.11 Å². The van der Waals surface area contributed by atoms with E-state index in [2.05, 4.69) is 14.7 Å². The summed E-state index contributed by atoms with van der Waals surface area (Å²) in [5, 5.41) is 10.5. The number of aliphatic hydroxyl groups is 1. The number of hydrogen-bond donors (Lipinski definition) is 1. The van der Waals surface area contributed by atoms with Gasteiger partial charge in [0.2, 0.25) is 0 Å². The van der Waals surface area contributed by atoms with Gasteiger partial charge in [-0.15, -0.1) is 0 Å². The van der Waals surface area contributed by atoms with Crippen LogP contribution in [-0.2, 0) is 4.74 Å². The summed E-state index contributed by atoms with van der Waals surface area (Å²) in [5.74, 6) is -0.611. The molecule has 0 bridgehead atoms. The third kappa shape index (κ3) is 2.89. The van der Waals surface area contributed by atoms with Crippen molar-refractivity contribution in [3.8, 4) is 0 Å². The average molecular weight is 279 g/mol. The van der Waals surface area contributed by atoms with E-state index in [0.717, 1.165) is 0 Å². The van der Waals surface area contributed by atoms with Crippen LogP contribution in [0.15, 0.2) is 36.7 Å². The number of aliphatic hydroxyl groups excluding tert-OH is 1. The van der Waals surface area contributed by atoms with Gasteiger partial charge >= 0.3 is 5.97 Å². The molecule has 98 valence electrons. The normalized spacial score (nSPS) is 11.9. The molecule has 0 aliphatic rings. The quantitative estimate of drug-likeness (QED) is 0.870. The molecular formula is C13H11ClN2O3. The van der Waals surface area contributed by atoms with Crippen LogP contribution in [0.1, 0.15) is 27.8 Å². The highest BCUT2D eigenvalue weighted by Crippen LogP contribution is 2.24. The minimum Gasteiger partial charge on any atom is -0.465 e. The molecule has 0 spiro atoms. The molecule has 0 saturated carbocycles. The third-order valence-corrected chi connectivity index (χ3v) is 2.72. The Morgan fingerprint density at radius 3 is 2.84 bits per heavy atom. The molecule has 0 radical (unpaired) electrons. The van der Waals surface area contributed by atoms with Crippen LogP contribution in [0.3, 0.4) is 0 Å². The highest BCUT2D eigenvalue weighted by molar-refractivity contribution is 6.30. The van der Waals surface area contributed by atoms with Crippen molar-refractivity contribution in [2.45, 2.75) is 6.10 Å². The summed E-state index contributed by atoms with van der Waals surface area (Å²) in [7, 11) is 1.25. The molecule has 1 unspecified atom stereocenters. The lowest BCUT2D eigenvalue weighted by atomic mass is 10.1. The van der Waals surface area contributed by atoms with Crippen LogP contribution in [0.5, 0.6) is 0 Å². The number of hydrogen-bond acceptors (Lipinski definition) is 5. The SMILES string of the molecule is COC(=O)c1cc(Cl)cnc1C(O)c1ccccn1. The van der Waals surface area contributed by atoms with Crippen LogP contribution < -0.4 is 0 Å². The Kier molecular flexibility index (Phi) is 4.09. The number of esters is 1. The number of halogens is 1. The number of ether oxygens (including phenoxy) is 1. The maximum Gasteiger partial charge on any atom is 0.339 e. The highest BCUT2D eigenvalue weighted by atomic mass is 35.5. The van der Waals surface area contributed by atoms with Gasteiger partial charge in [0, 0.05) is 12.4 Å². The van der Waals surface area contributed by atoms with Crippen molar-refractivity contribution in [3.05, 3.63) is 58.6 Å². The van der Waals surface area contributed by atoms with Crippen LogP contribution in [0, 0.1) is 0 Å². The lowest BCUT2D eigenvalue weighted by molar-refractivity contribution is 0.0594. The van der Waals surface area contributed by atoms with E-state index in [1.54, 1.807) is 24.4 Å². The minimum absolute atomic E-state index is 0.119. The van der Waals surface area contributed by atoms with Gasteiger partial charge in [-0.3, -0.25) is 9.97 Å². The van der Waals surface area contributed by atoms with E-state index in [9.17, 15) is 9.90 Å². The van der Waals surface area contributed by atoms with E-state index in [4.69, 9.17) is 11.6 Å². The Labute approximate surface area is 114 Å². The van der Waals surface area contributed by atoms with Crippen molar-refractivity contribution < 1.29 is 14.6 Å². The molecule has 0 aliphatic heterocycles. The summed E-state index contributed by atoms with van der Waals surface area (Å²) in [4.78, 5) is 19.7. The Balaban J connectivity index is 2.47. The number of carbonyl (C=O) groups is 1. The van der Waals surface area contributed by atoms with Gasteiger partial charge in [-0.25, -0.2) is 4.79 Å². The predicted octanol–water partition coefficient (Wildman–Crippen LogP) is 2.00. The van der Waals surface area contributed by atoms with Crippen LogP contribution >= 0.6 is 11.6 Å². The zero-order valence-corrected chi connectivity index (χ0v) is 10.8. The molecule has 2 heterocycles. The Morgan fingerprint density at radius 1 is 1.42 bits per heavy atom. The first-order valence-corrected chi connectivity index (χ1v) is 5.84. The topological polar surface area (TPSA) is 72.3 Å². The summed E-state index contributed by atoms with van der Waals surface area (Å²) in [6.45, 7) is 0. The summed E-state index contributed by atoms with van der Waals surface area (Å²) < 4.78 is 4.65. The van der Waals surface area contributed by atoms with E-state index in [0.29, 0.717) is 5.69 Å². The van der Waals surface area contributed by atoms with E-state index >= 15 is 0 Å². The van der Waals surface area contributed by atoms with Crippen LogP contribution in [0.4, 0.5) is 0 Å². The second-order valence-corrected chi connectivity index (χ2v) is 4.17. The maximum absolute atomic E-state index is 11.7. The van der Waals surface area contributed by atoms with Crippen molar-refractivity contribution in [3.63, 3.8) is 0 Å². The molecule has 0 saturated heterocycles. The number of aromatic nitrogens is 2. The zero-order valence-electron chi connectivity index (χ0n) is 10.1. The fourth-order valence-corrected chi connectivity index (χ4v) is 1.78. The smallest absolute Gasteiger partial charge is 0.339 e. The van der Waals surface area contributed by atoms with Gasteiger partial charge in [-0.1, -0.05) is 17.7 Å². The van der Waals surface area contributed by atoms with Crippen molar-refractivity contribution in [1.29, 1.82) is 0 Å². The average Bonchev–Trinajstić information content (AvgIpc) is 2.46. The van der Waals surface area contributed by atoms with Gasteiger partial charge in [0.1, 0.15) is 6.10 Å². The highest BCUT2D eigenvalue weighted by Gasteiger charge is 2.22. The molecule has 1 N–H and O–H groups in total. The first-order valence-electron chi connectivity index (χ1n) is 5.46. The van der Waals surface area contributed by atoms with Crippen molar-refractivity contribution in [2.24, 2.45) is 0 Å². The fourth-order valence-electron chi connectivity index (χ4n) is 1.62. The molecule has 0 amide bonds. The van der Waals surface area contributed by atoms with Gasteiger partial charge in [0.15, 0.2) is 0 Å². The van der Waals surface area contributed by atoms with Crippen molar-refractivity contribution in [1.82, 2.24) is 9.97 Å². The molecule has 2 rings (SSSR count). The van der Waals surface area contributed by atoms with Gasteiger partial charge < -0.3 is 9.84 Å². The lowest BCUT2D eigenvalue weighted by Gasteiger charge is -2.13. The van der Waals surface area contributed by atoms with Crippen molar-refractivity contribution >= 4 is 17.6 Å². The lowest BCUT2D eigenvalue weighted by Crippen LogP contribution is -2.13. The molecule has 2 aromatic heterocycles. The standard InChI is InChI=1S/C13H11ClN2O3/c1-19-13(18)9-6-8(14)7-16-11(9)12(17)10-4-2-3-5-15-10/h2-7,12,17H,1H3. The third-order valence-electron chi connectivity index (χ3n) is 2.52. The maximum atomic E-state index is 11.7. The number of rotatable bonds is 3. The summed E-state index contributed by atoms with van der Waals surface area (Å²) in [5.41, 5.74) is 0.672. The van der Waals surface area contributed by atoms with E-state index in [1.807, 2.05) is 0 Å². The Morgan fingerprint density at radius 2 is 2.21 bits per heavy atom. The minimum atomic E-state index is -1.12. The number of nitrogens with zero attached hydrogens (tertiary/aromatic N) is 2. The zero-order chi connectivity index (χ0) is 13.8. The summed E-state index contributed by atoms with van der Waals surface area (Å²) in [6.07, 6.45) is 1.79. The molecule has 5 nitrogen and oxygen atoms in total. The van der Waals surface area contributed by atoms with Crippen LogP contribution in [-0.4, -0.2) is 28.2 Å². The molecular weight excluding hydrogens is 268 g/mol. The molecule has 0 fully saturated rings. The second-order valence-electron chi connectivity index (χ2n) is 3.74. The first-order chi connectivity index (χ1) is 9.13. The number of methoxy groups -OCH3 is 1. The monoisotopic (exact) mass is 278 g/mol. The van der Waals surface area contributed by atoms with Gasteiger partial charge in [-0.05, 0) is 18.2 Å². The van der Waals surface area contributed by atoms with Gasteiger partial charge in [0.25, 0.3) is 0 Å². The molecule has 6 heteroatoms. The number of carbonyl (C=O) groups excluding carboxylic acids is 1. The van der Waals surface area contributed by atoms with Gasteiger partial charge in [-0.2, -0.15) is 0 Å². The van der Waals surface area contributed by atoms with E-state index < -0.39 is 12.1 Å². The van der Waals surface area contributed by atoms with E-state index in [1.165, 1.54) is 19.4 Å². The largest absolute Gasteiger partial charge is 0.465 e. The van der Waals surface area contributed by atoms with Crippen LogP contribution in [0.25, 0.3) is 0 Å². The summed E-state index contributed by atoms with van der Waals surface area (Å²) >= 11 is 5.80. The van der Waals surface area contributed by atoms with Gasteiger partial charge in [0.05, 0.1) is 29.1 Å². The first kappa shape index (κ1) is 13.5. The molecule has 0 aliphatic carbocycles.